The average Bonchev–Trinajstić information content (AvgIpc) is 3.53. The lowest BCUT2D eigenvalue weighted by Crippen LogP contribution is -2.60. The first-order valence-corrected chi connectivity index (χ1v) is 18.1. The summed E-state index contributed by atoms with van der Waals surface area (Å²) in [7, 11) is 0. The number of alkyl halides is 2. The first-order chi connectivity index (χ1) is 26.4. The molecule has 4 aliphatic rings. The van der Waals surface area contributed by atoms with Crippen LogP contribution in [0.3, 0.4) is 0 Å². The van der Waals surface area contributed by atoms with Crippen LogP contribution in [0.15, 0.2) is 78.4 Å². The van der Waals surface area contributed by atoms with E-state index in [1.54, 1.807) is 36.4 Å². The Labute approximate surface area is 325 Å². The highest BCUT2D eigenvalue weighted by Crippen LogP contribution is 2.66. The Morgan fingerprint density at radius 3 is 1.88 bits per heavy atom. The van der Waals surface area contributed by atoms with Crippen molar-refractivity contribution in [2.45, 2.75) is 42.4 Å². The third kappa shape index (κ3) is 4.92. The number of allylic oxidation sites excluding steroid dienone is 2. The normalized spacial score (nSPS) is 27.0. The fourth-order valence-corrected chi connectivity index (χ4v) is 9.80. The number of amides is 4. The molecule has 2 aliphatic carbocycles. The predicted molar refractivity (Wildman–Crippen MR) is 193 cm³/mol. The van der Waals surface area contributed by atoms with E-state index in [2.05, 4.69) is 0 Å². The first kappa shape index (κ1) is 37.5. The van der Waals surface area contributed by atoms with Gasteiger partial charge < -0.3 is 5.11 Å². The number of carbonyl (C=O) groups is 5. The summed E-state index contributed by atoms with van der Waals surface area (Å²) >= 11 is 14.4. The topological polar surface area (TPSA) is 112 Å². The van der Waals surface area contributed by atoms with E-state index in [1.807, 2.05) is 0 Å². The van der Waals surface area contributed by atoms with Crippen molar-refractivity contribution in [2.24, 2.45) is 17.8 Å². The molecule has 0 aromatic heterocycles. The Kier molecular flexibility index (Phi) is 8.59. The van der Waals surface area contributed by atoms with Gasteiger partial charge in [-0.15, -0.1) is 23.2 Å². The number of rotatable bonds is 5. The minimum atomic E-state index is -2.69. The van der Waals surface area contributed by atoms with Gasteiger partial charge in [-0.2, -0.15) is 0 Å². The molecule has 0 bridgehead atoms. The lowest BCUT2D eigenvalue weighted by molar-refractivity contribution is -0.125. The molecule has 8 nitrogen and oxygen atoms in total. The van der Waals surface area contributed by atoms with E-state index < -0.39 is 98.2 Å². The van der Waals surface area contributed by atoms with Crippen LogP contribution in [0.2, 0.25) is 0 Å². The number of phenols is 1. The summed E-state index contributed by atoms with van der Waals surface area (Å²) < 4.78 is 73.8. The molecular formula is C41H27Cl2F5N2O6. The average molecular weight is 810 g/mol. The summed E-state index contributed by atoms with van der Waals surface area (Å²) in [4.78, 5) is 65.8. The van der Waals surface area contributed by atoms with E-state index in [1.165, 1.54) is 50.2 Å². The van der Waals surface area contributed by atoms with Crippen molar-refractivity contribution in [3.63, 3.8) is 0 Å². The summed E-state index contributed by atoms with van der Waals surface area (Å²) in [5.74, 6) is -22.1. The Hall–Kier alpha value is -5.40. The number of imide groups is 2. The van der Waals surface area contributed by atoms with Crippen LogP contribution in [0.1, 0.15) is 51.4 Å². The third-order valence-electron chi connectivity index (χ3n) is 11.5. The van der Waals surface area contributed by atoms with Crippen LogP contribution in [0.5, 0.6) is 5.75 Å². The number of fused-ring (bicyclic) bond motifs is 4. The molecule has 2 aliphatic heterocycles. The summed E-state index contributed by atoms with van der Waals surface area (Å²) in [6.45, 7) is 3.06. The lowest BCUT2D eigenvalue weighted by atomic mass is 9.56. The maximum absolute atomic E-state index is 15.3. The largest absolute Gasteiger partial charge is 0.507 e. The second-order valence-corrected chi connectivity index (χ2v) is 15.7. The highest BCUT2D eigenvalue weighted by molar-refractivity contribution is 6.58. The van der Waals surface area contributed by atoms with Crippen LogP contribution in [0.4, 0.5) is 33.3 Å². The van der Waals surface area contributed by atoms with Gasteiger partial charge in [-0.25, -0.2) is 26.9 Å². The molecule has 2 heterocycles. The molecule has 8 rings (SSSR count). The molecule has 0 spiro atoms. The fraction of sp³-hybridized carbons (Fsp3) is 0.244. The maximum atomic E-state index is 15.3. The first-order valence-electron chi connectivity index (χ1n) is 17.3. The van der Waals surface area contributed by atoms with Gasteiger partial charge in [0.1, 0.15) is 11.4 Å². The molecule has 56 heavy (non-hydrogen) atoms. The number of nitrogens with zero attached hydrogens (tertiary/aromatic N) is 2. The zero-order chi connectivity index (χ0) is 40.3. The molecule has 6 atom stereocenters. The van der Waals surface area contributed by atoms with Crippen LogP contribution in [-0.2, 0) is 19.2 Å². The molecular weight excluding hydrogens is 782 g/mol. The number of carbonyl (C=O) groups excluding carboxylic acids is 5. The zero-order valence-electron chi connectivity index (χ0n) is 29.2. The van der Waals surface area contributed by atoms with Crippen molar-refractivity contribution in [3.05, 3.63) is 135 Å². The van der Waals surface area contributed by atoms with Crippen LogP contribution in [-0.4, -0.2) is 44.3 Å². The summed E-state index contributed by atoms with van der Waals surface area (Å²) in [6.07, 6.45) is 0.871. The SMILES string of the molecule is Cc1cc(C2C3=CCC4C(=O)N(c5ccc(C(=O)c6ccccc6)cc5)C(=O)C4C3CC3(Cl)C(=O)N(c4c(F)c(F)c(F)c(F)c4F)C(=O)C23Cl)cc(C)c1O. The number of anilines is 2. The predicted octanol–water partition coefficient (Wildman–Crippen LogP) is 7.70. The van der Waals surface area contributed by atoms with Gasteiger partial charge in [-0.1, -0.05) is 54.1 Å². The van der Waals surface area contributed by atoms with Crippen molar-refractivity contribution < 1.29 is 51.0 Å². The number of phenolic OH excluding ortho intramolecular Hbond substituents is 1. The molecule has 4 aromatic carbocycles. The van der Waals surface area contributed by atoms with Gasteiger partial charge >= 0.3 is 0 Å². The number of benzene rings is 4. The molecule has 4 aromatic rings. The van der Waals surface area contributed by atoms with Crippen molar-refractivity contribution >= 4 is 64.0 Å². The molecule has 2 saturated heterocycles. The van der Waals surface area contributed by atoms with Gasteiger partial charge in [0, 0.05) is 17.0 Å². The van der Waals surface area contributed by atoms with Crippen LogP contribution >= 0.6 is 23.2 Å². The van der Waals surface area contributed by atoms with Crippen molar-refractivity contribution in [3.8, 4) is 5.75 Å². The Bertz CT molecular complexity index is 2450. The zero-order valence-corrected chi connectivity index (χ0v) is 30.7. The van der Waals surface area contributed by atoms with E-state index in [-0.39, 0.29) is 50.8 Å². The number of ketones is 1. The summed E-state index contributed by atoms with van der Waals surface area (Å²) in [5.41, 5.74) is 0.0256. The minimum Gasteiger partial charge on any atom is -0.507 e. The van der Waals surface area contributed by atoms with Gasteiger partial charge in [0.15, 0.2) is 38.8 Å². The number of halogens is 7. The van der Waals surface area contributed by atoms with Gasteiger partial charge in [-0.3, -0.25) is 28.9 Å². The standard InChI is InChI=1S/C41H27Cl2F5N2O6/c1-17-14-21(15-18(2)34(17)51)27-23-12-13-24-26(37(54)49(36(24)53)22-10-8-20(9-11-22)35(52)19-6-4-3-5-7-19)25(23)16-40(42)38(55)50(39(56)41(27,40)43)33-31(47)29(45)28(44)30(46)32(33)48/h3-12,14-15,24-27,51H,13,16H2,1-2H3. The van der Waals surface area contributed by atoms with E-state index in [0.717, 1.165) is 4.90 Å². The van der Waals surface area contributed by atoms with Crippen LogP contribution in [0.25, 0.3) is 0 Å². The highest BCUT2D eigenvalue weighted by Gasteiger charge is 2.77. The number of aromatic hydroxyl groups is 1. The highest BCUT2D eigenvalue weighted by atomic mass is 35.5. The van der Waals surface area contributed by atoms with E-state index in [4.69, 9.17) is 23.2 Å². The second-order valence-electron chi connectivity index (χ2n) is 14.5. The van der Waals surface area contributed by atoms with Gasteiger partial charge in [0.25, 0.3) is 11.8 Å². The Morgan fingerprint density at radius 1 is 0.732 bits per heavy atom. The third-order valence-corrected chi connectivity index (χ3v) is 12.9. The molecule has 0 radical (unpaired) electrons. The lowest BCUT2D eigenvalue weighted by Gasteiger charge is -2.50. The number of hydrogen-bond acceptors (Lipinski definition) is 6. The Morgan fingerprint density at radius 2 is 1.29 bits per heavy atom. The monoisotopic (exact) mass is 808 g/mol. The minimum absolute atomic E-state index is 0.0551. The summed E-state index contributed by atoms with van der Waals surface area (Å²) in [5, 5.41) is 10.6. The Balaban J connectivity index is 1.25. The van der Waals surface area contributed by atoms with Crippen LogP contribution in [0, 0.1) is 60.7 Å². The van der Waals surface area contributed by atoms with Gasteiger partial charge in [-0.05, 0) is 73.6 Å². The molecule has 1 N–H and O–H groups in total. The maximum Gasteiger partial charge on any atom is 0.258 e. The van der Waals surface area contributed by atoms with Gasteiger partial charge in [0.2, 0.25) is 17.6 Å². The van der Waals surface area contributed by atoms with E-state index >= 15 is 8.78 Å². The van der Waals surface area contributed by atoms with Crippen molar-refractivity contribution in [2.75, 3.05) is 9.80 Å². The smallest absolute Gasteiger partial charge is 0.258 e. The molecule has 4 amide bonds. The fourth-order valence-electron chi connectivity index (χ4n) is 8.87. The van der Waals surface area contributed by atoms with Gasteiger partial charge in [0.05, 0.1) is 17.5 Å². The van der Waals surface area contributed by atoms with E-state index in [9.17, 15) is 42.3 Å². The number of aryl methyl sites for hydroxylation is 2. The van der Waals surface area contributed by atoms with Crippen LogP contribution < -0.4 is 9.80 Å². The van der Waals surface area contributed by atoms with Crippen molar-refractivity contribution in [1.29, 1.82) is 0 Å². The summed E-state index contributed by atoms with van der Waals surface area (Å²) in [6, 6.07) is 17.1. The molecule has 3 fully saturated rings. The molecule has 1 saturated carbocycles. The van der Waals surface area contributed by atoms with E-state index in [0.29, 0.717) is 11.1 Å². The van der Waals surface area contributed by atoms with Crippen molar-refractivity contribution in [1.82, 2.24) is 0 Å². The quantitative estimate of drug-likeness (QED) is 0.0421. The molecule has 15 heteroatoms. The number of hydrogen-bond donors (Lipinski definition) is 1. The molecule has 6 unspecified atom stereocenters. The second kappa shape index (κ2) is 12.8. The molecule has 286 valence electrons.